The number of carbonyl (C=O) groups excluding carboxylic acids is 2. The van der Waals surface area contributed by atoms with Crippen LogP contribution < -0.4 is 10.6 Å². The third kappa shape index (κ3) is 4.56. The number of carbonyl (C=O) groups is 2. The number of aromatic nitrogens is 2. The SMILES string of the molecule is Cc1cc(C)n(CC(=O)NCC(=O)Nc2cccc(Cl)c2C)n1. The van der Waals surface area contributed by atoms with Gasteiger partial charge in [-0.25, -0.2) is 0 Å². The number of hydrogen-bond donors (Lipinski definition) is 2. The van der Waals surface area contributed by atoms with Crippen LogP contribution in [-0.2, 0) is 16.1 Å². The molecule has 0 atom stereocenters. The van der Waals surface area contributed by atoms with E-state index in [2.05, 4.69) is 15.7 Å². The molecule has 2 rings (SSSR count). The first-order chi connectivity index (χ1) is 10.9. The molecule has 0 unspecified atom stereocenters. The van der Waals surface area contributed by atoms with Crippen molar-refractivity contribution in [2.45, 2.75) is 27.3 Å². The first kappa shape index (κ1) is 17.0. The Kier molecular flexibility index (Phi) is 5.39. The van der Waals surface area contributed by atoms with Gasteiger partial charge in [0.1, 0.15) is 6.54 Å². The molecule has 23 heavy (non-hydrogen) atoms. The molecule has 0 bridgehead atoms. The minimum absolute atomic E-state index is 0.0865. The summed E-state index contributed by atoms with van der Waals surface area (Å²) in [6.45, 7) is 5.54. The average molecular weight is 335 g/mol. The molecule has 0 spiro atoms. The minimum atomic E-state index is -0.308. The summed E-state index contributed by atoms with van der Waals surface area (Å²) in [5, 5.41) is 10.1. The lowest BCUT2D eigenvalue weighted by atomic mass is 10.2. The Morgan fingerprint density at radius 1 is 1.22 bits per heavy atom. The maximum atomic E-state index is 11.9. The zero-order chi connectivity index (χ0) is 17.0. The Balaban J connectivity index is 1.85. The summed E-state index contributed by atoms with van der Waals surface area (Å²) in [4.78, 5) is 23.8. The van der Waals surface area contributed by atoms with E-state index in [1.807, 2.05) is 26.8 Å². The normalized spacial score (nSPS) is 10.4. The highest BCUT2D eigenvalue weighted by Gasteiger charge is 2.10. The van der Waals surface area contributed by atoms with Crippen LogP contribution in [0.1, 0.15) is 17.0 Å². The lowest BCUT2D eigenvalue weighted by Crippen LogP contribution is -2.35. The predicted octanol–water partition coefficient (Wildman–Crippen LogP) is 2.22. The molecule has 0 radical (unpaired) electrons. The van der Waals surface area contributed by atoms with Crippen LogP contribution in [0, 0.1) is 20.8 Å². The van der Waals surface area contributed by atoms with Crippen LogP contribution >= 0.6 is 11.6 Å². The van der Waals surface area contributed by atoms with Crippen LogP contribution in [0.2, 0.25) is 5.02 Å². The number of rotatable bonds is 5. The van der Waals surface area contributed by atoms with E-state index in [9.17, 15) is 9.59 Å². The third-order valence-corrected chi connectivity index (χ3v) is 3.79. The van der Waals surface area contributed by atoms with Crippen LogP contribution in [-0.4, -0.2) is 28.1 Å². The van der Waals surface area contributed by atoms with E-state index < -0.39 is 0 Å². The van der Waals surface area contributed by atoms with E-state index in [-0.39, 0.29) is 24.9 Å². The summed E-state index contributed by atoms with van der Waals surface area (Å²) < 4.78 is 1.60. The van der Waals surface area contributed by atoms with Crippen LogP contribution in [0.3, 0.4) is 0 Å². The summed E-state index contributed by atoms with van der Waals surface area (Å²) in [7, 11) is 0. The second-order valence-corrected chi connectivity index (χ2v) is 5.73. The van der Waals surface area contributed by atoms with E-state index in [0.717, 1.165) is 17.0 Å². The van der Waals surface area contributed by atoms with Gasteiger partial charge in [-0.15, -0.1) is 0 Å². The van der Waals surface area contributed by atoms with E-state index in [1.165, 1.54) is 0 Å². The Bertz CT molecular complexity index is 740. The summed E-state index contributed by atoms with van der Waals surface area (Å²) >= 11 is 6.00. The molecule has 6 nitrogen and oxygen atoms in total. The van der Waals surface area contributed by atoms with Crippen molar-refractivity contribution in [1.29, 1.82) is 0 Å². The van der Waals surface area contributed by atoms with E-state index in [4.69, 9.17) is 11.6 Å². The molecular weight excluding hydrogens is 316 g/mol. The van der Waals surface area contributed by atoms with Crippen LogP contribution in [0.5, 0.6) is 0 Å². The maximum Gasteiger partial charge on any atom is 0.243 e. The van der Waals surface area contributed by atoms with Crippen LogP contribution in [0.15, 0.2) is 24.3 Å². The highest BCUT2D eigenvalue weighted by Crippen LogP contribution is 2.22. The van der Waals surface area contributed by atoms with Crippen molar-refractivity contribution in [3.8, 4) is 0 Å². The highest BCUT2D eigenvalue weighted by atomic mass is 35.5. The summed E-state index contributed by atoms with van der Waals surface area (Å²) in [6.07, 6.45) is 0. The molecule has 0 saturated heterocycles. The van der Waals surface area contributed by atoms with E-state index >= 15 is 0 Å². The molecule has 122 valence electrons. The quantitative estimate of drug-likeness (QED) is 0.880. The molecule has 2 N–H and O–H groups in total. The molecule has 0 aliphatic carbocycles. The number of nitrogens with one attached hydrogen (secondary N) is 2. The number of benzene rings is 1. The topological polar surface area (TPSA) is 76.0 Å². The second kappa shape index (κ2) is 7.28. The Hall–Kier alpha value is -2.34. The molecule has 7 heteroatoms. The van der Waals surface area contributed by atoms with Gasteiger partial charge in [-0.2, -0.15) is 5.10 Å². The highest BCUT2D eigenvalue weighted by molar-refractivity contribution is 6.31. The predicted molar refractivity (Wildman–Crippen MR) is 89.5 cm³/mol. The maximum absolute atomic E-state index is 11.9. The zero-order valence-corrected chi connectivity index (χ0v) is 14.1. The fourth-order valence-corrected chi connectivity index (χ4v) is 2.32. The number of amides is 2. The standard InChI is InChI=1S/C16H19ClN4O2/c1-10-7-11(2)21(20-10)9-16(23)18-8-15(22)19-14-6-4-5-13(17)12(14)3/h4-7H,8-9H2,1-3H3,(H,18,23)(H,19,22). The molecule has 0 aliphatic rings. The fourth-order valence-electron chi connectivity index (χ4n) is 2.14. The number of anilines is 1. The average Bonchev–Trinajstić information content (AvgIpc) is 2.79. The Labute approximate surface area is 139 Å². The molecule has 0 fully saturated rings. The number of halogens is 1. The zero-order valence-electron chi connectivity index (χ0n) is 13.3. The van der Waals surface area contributed by atoms with Crippen molar-refractivity contribution in [2.24, 2.45) is 0 Å². The molecule has 0 saturated carbocycles. The van der Waals surface area contributed by atoms with Crippen molar-refractivity contribution >= 4 is 29.1 Å². The van der Waals surface area contributed by atoms with Crippen molar-refractivity contribution in [2.75, 3.05) is 11.9 Å². The first-order valence-corrected chi connectivity index (χ1v) is 7.57. The van der Waals surface area contributed by atoms with Gasteiger partial charge in [-0.1, -0.05) is 17.7 Å². The Morgan fingerprint density at radius 2 is 1.96 bits per heavy atom. The number of hydrogen-bond acceptors (Lipinski definition) is 3. The molecule has 2 amide bonds. The molecule has 2 aromatic rings. The van der Waals surface area contributed by atoms with Gasteiger partial charge in [0.05, 0.1) is 12.2 Å². The summed E-state index contributed by atoms with van der Waals surface area (Å²) in [6, 6.07) is 7.16. The third-order valence-electron chi connectivity index (χ3n) is 3.38. The second-order valence-electron chi connectivity index (χ2n) is 5.32. The summed E-state index contributed by atoms with van der Waals surface area (Å²) in [5.74, 6) is -0.578. The first-order valence-electron chi connectivity index (χ1n) is 7.19. The van der Waals surface area contributed by atoms with Gasteiger partial charge in [-0.05, 0) is 44.5 Å². The molecule has 1 aromatic heterocycles. The molecule has 1 aromatic carbocycles. The number of aryl methyl sites for hydroxylation is 2. The lowest BCUT2D eigenvalue weighted by molar-refractivity contribution is -0.124. The van der Waals surface area contributed by atoms with E-state index in [0.29, 0.717) is 10.7 Å². The Morgan fingerprint density at radius 3 is 2.61 bits per heavy atom. The summed E-state index contributed by atoms with van der Waals surface area (Å²) in [5.41, 5.74) is 3.17. The van der Waals surface area contributed by atoms with Gasteiger partial charge in [0.15, 0.2) is 0 Å². The van der Waals surface area contributed by atoms with Crippen LogP contribution in [0.4, 0.5) is 5.69 Å². The van der Waals surface area contributed by atoms with Gasteiger partial charge >= 0.3 is 0 Å². The van der Waals surface area contributed by atoms with Gasteiger partial charge in [0.2, 0.25) is 11.8 Å². The number of nitrogens with zero attached hydrogens (tertiary/aromatic N) is 2. The van der Waals surface area contributed by atoms with Crippen molar-refractivity contribution in [3.63, 3.8) is 0 Å². The smallest absolute Gasteiger partial charge is 0.243 e. The fraction of sp³-hybridized carbons (Fsp3) is 0.312. The van der Waals surface area contributed by atoms with E-state index in [1.54, 1.807) is 22.9 Å². The molecule has 1 heterocycles. The molecular formula is C16H19ClN4O2. The monoisotopic (exact) mass is 334 g/mol. The van der Waals surface area contributed by atoms with Gasteiger partial charge in [0.25, 0.3) is 0 Å². The largest absolute Gasteiger partial charge is 0.345 e. The van der Waals surface area contributed by atoms with Crippen molar-refractivity contribution < 1.29 is 9.59 Å². The van der Waals surface area contributed by atoms with Crippen molar-refractivity contribution in [3.05, 3.63) is 46.2 Å². The van der Waals surface area contributed by atoms with Crippen molar-refractivity contribution in [1.82, 2.24) is 15.1 Å². The van der Waals surface area contributed by atoms with Crippen LogP contribution in [0.25, 0.3) is 0 Å². The lowest BCUT2D eigenvalue weighted by Gasteiger charge is -2.10. The van der Waals surface area contributed by atoms with Gasteiger partial charge in [-0.3, -0.25) is 14.3 Å². The van der Waals surface area contributed by atoms with Gasteiger partial charge < -0.3 is 10.6 Å². The molecule has 0 aliphatic heterocycles. The van der Waals surface area contributed by atoms with Gasteiger partial charge in [0, 0.05) is 16.4 Å². The minimum Gasteiger partial charge on any atom is -0.345 e.